The molecule has 1 atom stereocenters. The van der Waals surface area contributed by atoms with E-state index in [0.29, 0.717) is 38.6 Å². The normalized spacial score (nSPS) is 11.6. The summed E-state index contributed by atoms with van der Waals surface area (Å²) in [6.45, 7) is 3.50. The highest BCUT2D eigenvalue weighted by Crippen LogP contribution is 2.29. The molecular formula is C19H19Cl3N2O3. The number of halogens is 3. The molecule has 8 heteroatoms. The Morgan fingerprint density at radius 2 is 1.78 bits per heavy atom. The number of hydrogen-bond acceptors (Lipinski definition) is 3. The average Bonchev–Trinajstić information content (AvgIpc) is 2.60. The van der Waals surface area contributed by atoms with Gasteiger partial charge in [-0.05, 0) is 49.7 Å². The predicted molar refractivity (Wildman–Crippen MR) is 110 cm³/mol. The first kappa shape index (κ1) is 21.4. The minimum atomic E-state index is -0.835. The van der Waals surface area contributed by atoms with Crippen LogP contribution in [0.15, 0.2) is 36.4 Å². The molecule has 144 valence electrons. The van der Waals surface area contributed by atoms with Crippen LogP contribution in [-0.4, -0.2) is 17.9 Å². The van der Waals surface area contributed by atoms with Crippen molar-refractivity contribution in [3.05, 3.63) is 51.5 Å². The minimum absolute atomic E-state index is 0.105. The molecule has 0 unspecified atom stereocenters. The van der Waals surface area contributed by atoms with Crippen molar-refractivity contribution in [2.45, 2.75) is 32.8 Å². The fraction of sp³-hybridized carbons (Fsp3) is 0.263. The van der Waals surface area contributed by atoms with Gasteiger partial charge in [0.25, 0.3) is 5.91 Å². The van der Waals surface area contributed by atoms with Crippen molar-refractivity contribution in [1.82, 2.24) is 0 Å². The first-order valence-electron chi connectivity index (χ1n) is 8.32. The second kappa shape index (κ2) is 9.83. The fourth-order valence-electron chi connectivity index (χ4n) is 2.20. The lowest BCUT2D eigenvalue weighted by Crippen LogP contribution is -2.30. The summed E-state index contributed by atoms with van der Waals surface area (Å²) >= 11 is 18.0. The van der Waals surface area contributed by atoms with E-state index < -0.39 is 12.0 Å². The van der Waals surface area contributed by atoms with Crippen LogP contribution in [-0.2, 0) is 9.59 Å². The zero-order valence-electron chi connectivity index (χ0n) is 14.8. The van der Waals surface area contributed by atoms with Crippen molar-refractivity contribution in [3.63, 3.8) is 0 Å². The monoisotopic (exact) mass is 428 g/mol. The van der Waals surface area contributed by atoms with E-state index in [-0.39, 0.29) is 5.91 Å². The van der Waals surface area contributed by atoms with Gasteiger partial charge in [0.2, 0.25) is 5.91 Å². The molecule has 0 bridgehead atoms. The van der Waals surface area contributed by atoms with Gasteiger partial charge in [-0.25, -0.2) is 0 Å². The molecule has 0 spiro atoms. The van der Waals surface area contributed by atoms with Crippen LogP contribution < -0.4 is 15.4 Å². The Morgan fingerprint density at radius 3 is 2.44 bits per heavy atom. The lowest BCUT2D eigenvalue weighted by atomic mass is 10.2. The van der Waals surface area contributed by atoms with E-state index in [1.54, 1.807) is 37.3 Å². The molecule has 2 aromatic rings. The van der Waals surface area contributed by atoms with Gasteiger partial charge in [0.05, 0.1) is 15.7 Å². The Bertz CT molecular complexity index is 843. The van der Waals surface area contributed by atoms with Crippen molar-refractivity contribution in [1.29, 1.82) is 0 Å². The minimum Gasteiger partial charge on any atom is -0.479 e. The summed E-state index contributed by atoms with van der Waals surface area (Å²) in [6.07, 6.45) is 0.320. The number of carbonyl (C=O) groups excluding carboxylic acids is 2. The summed E-state index contributed by atoms with van der Waals surface area (Å²) in [4.78, 5) is 24.2. The van der Waals surface area contributed by atoms with Gasteiger partial charge in [-0.2, -0.15) is 0 Å². The smallest absolute Gasteiger partial charge is 0.265 e. The average molecular weight is 430 g/mol. The van der Waals surface area contributed by atoms with Crippen LogP contribution in [0.1, 0.15) is 26.7 Å². The van der Waals surface area contributed by atoms with Gasteiger partial charge in [0, 0.05) is 17.1 Å². The second-order valence-corrected chi connectivity index (χ2v) is 7.07. The Balaban J connectivity index is 2.06. The van der Waals surface area contributed by atoms with Crippen LogP contribution in [0, 0.1) is 0 Å². The van der Waals surface area contributed by atoms with Crippen LogP contribution in [0.25, 0.3) is 0 Å². The lowest BCUT2D eigenvalue weighted by molar-refractivity contribution is -0.122. The van der Waals surface area contributed by atoms with Gasteiger partial charge in [-0.3, -0.25) is 9.59 Å². The van der Waals surface area contributed by atoms with Crippen LogP contribution in [0.4, 0.5) is 11.4 Å². The first-order valence-corrected chi connectivity index (χ1v) is 9.45. The Hall–Kier alpha value is -1.95. The molecule has 0 radical (unpaired) electrons. The van der Waals surface area contributed by atoms with Gasteiger partial charge < -0.3 is 15.4 Å². The summed E-state index contributed by atoms with van der Waals surface area (Å²) < 4.78 is 5.59. The third kappa shape index (κ3) is 6.31. The summed E-state index contributed by atoms with van der Waals surface area (Å²) in [5.74, 6) is -0.179. The zero-order valence-corrected chi connectivity index (χ0v) is 17.1. The van der Waals surface area contributed by atoms with Crippen molar-refractivity contribution in [3.8, 4) is 5.75 Å². The van der Waals surface area contributed by atoms with E-state index in [1.807, 2.05) is 6.92 Å². The summed E-state index contributed by atoms with van der Waals surface area (Å²) in [6, 6.07) is 9.59. The summed E-state index contributed by atoms with van der Waals surface area (Å²) in [5.41, 5.74) is 0.913. The standard InChI is InChI=1S/C19H19Cl3N2O3/c1-3-4-18(25)23-13-6-7-14(21)16(10-13)24-19(26)11(2)27-17-8-5-12(20)9-15(17)22/h5-11H,3-4H2,1-2H3,(H,23,25)(H,24,26)/t11-/m1/s1. The van der Waals surface area contributed by atoms with Crippen LogP contribution in [0.5, 0.6) is 5.75 Å². The Kier molecular flexibility index (Phi) is 7.78. The molecule has 2 N–H and O–H groups in total. The van der Waals surface area contributed by atoms with Gasteiger partial charge in [0.15, 0.2) is 6.10 Å². The number of ether oxygens (including phenoxy) is 1. The van der Waals surface area contributed by atoms with E-state index in [0.717, 1.165) is 6.42 Å². The molecule has 0 aliphatic rings. The van der Waals surface area contributed by atoms with Crippen LogP contribution in [0.3, 0.4) is 0 Å². The summed E-state index contributed by atoms with van der Waals surface area (Å²) in [5, 5.41) is 6.56. The molecule has 0 aliphatic carbocycles. The molecule has 0 heterocycles. The van der Waals surface area contributed by atoms with Crippen molar-refractivity contribution in [2.24, 2.45) is 0 Å². The van der Waals surface area contributed by atoms with Crippen LogP contribution >= 0.6 is 34.8 Å². The molecule has 0 aliphatic heterocycles. The maximum atomic E-state index is 12.4. The maximum Gasteiger partial charge on any atom is 0.265 e. The van der Waals surface area contributed by atoms with Crippen LogP contribution in [0.2, 0.25) is 15.1 Å². The van der Waals surface area contributed by atoms with Gasteiger partial charge in [-0.15, -0.1) is 0 Å². The lowest BCUT2D eigenvalue weighted by Gasteiger charge is -2.17. The van der Waals surface area contributed by atoms with Crippen molar-refractivity contribution in [2.75, 3.05) is 10.6 Å². The second-order valence-electron chi connectivity index (χ2n) is 5.82. The molecule has 5 nitrogen and oxygen atoms in total. The molecule has 27 heavy (non-hydrogen) atoms. The number of benzene rings is 2. The number of nitrogens with one attached hydrogen (secondary N) is 2. The zero-order chi connectivity index (χ0) is 20.0. The largest absolute Gasteiger partial charge is 0.479 e. The van der Waals surface area contributed by atoms with E-state index in [4.69, 9.17) is 39.5 Å². The highest BCUT2D eigenvalue weighted by molar-refractivity contribution is 6.35. The van der Waals surface area contributed by atoms with E-state index in [1.165, 1.54) is 6.07 Å². The molecule has 0 fully saturated rings. The predicted octanol–water partition coefficient (Wildman–Crippen LogP) is 5.79. The highest BCUT2D eigenvalue weighted by Gasteiger charge is 2.18. The Labute approximate surface area is 172 Å². The van der Waals surface area contributed by atoms with Gasteiger partial charge >= 0.3 is 0 Å². The third-order valence-electron chi connectivity index (χ3n) is 3.55. The van der Waals surface area contributed by atoms with E-state index in [2.05, 4.69) is 10.6 Å². The van der Waals surface area contributed by atoms with Gasteiger partial charge in [-0.1, -0.05) is 41.7 Å². The van der Waals surface area contributed by atoms with E-state index >= 15 is 0 Å². The number of amides is 2. The number of hydrogen-bond donors (Lipinski definition) is 2. The topological polar surface area (TPSA) is 67.4 Å². The first-order chi connectivity index (χ1) is 12.8. The van der Waals surface area contributed by atoms with E-state index in [9.17, 15) is 9.59 Å². The van der Waals surface area contributed by atoms with Gasteiger partial charge in [0.1, 0.15) is 5.75 Å². The molecule has 0 aromatic heterocycles. The quantitative estimate of drug-likeness (QED) is 0.585. The molecule has 0 saturated carbocycles. The summed E-state index contributed by atoms with van der Waals surface area (Å²) in [7, 11) is 0. The SMILES string of the molecule is CCCC(=O)Nc1ccc(Cl)c(NC(=O)[C@@H](C)Oc2ccc(Cl)cc2Cl)c1. The fourth-order valence-corrected chi connectivity index (χ4v) is 2.82. The molecule has 2 aromatic carbocycles. The molecule has 0 saturated heterocycles. The molecule has 2 amide bonds. The number of anilines is 2. The maximum absolute atomic E-state index is 12.4. The Morgan fingerprint density at radius 1 is 1.04 bits per heavy atom. The third-order valence-corrected chi connectivity index (χ3v) is 4.41. The van der Waals surface area contributed by atoms with Crippen molar-refractivity contribution >= 4 is 58.0 Å². The number of carbonyl (C=O) groups is 2. The van der Waals surface area contributed by atoms with Crippen molar-refractivity contribution < 1.29 is 14.3 Å². The highest BCUT2D eigenvalue weighted by atomic mass is 35.5. The molecular weight excluding hydrogens is 411 g/mol. The molecule has 2 rings (SSSR count). The number of rotatable bonds is 7.